The van der Waals surface area contributed by atoms with Gasteiger partial charge in [0, 0.05) is 5.69 Å². The van der Waals surface area contributed by atoms with E-state index in [1.54, 1.807) is 18.2 Å². The Balaban J connectivity index is 2.52. The van der Waals surface area contributed by atoms with Gasteiger partial charge in [-0.05, 0) is 18.2 Å². The number of hydrogen-bond acceptors (Lipinski definition) is 4. The predicted octanol–water partition coefficient (Wildman–Crippen LogP) is 2.21. The summed E-state index contributed by atoms with van der Waals surface area (Å²) in [5, 5.41) is 0. The van der Waals surface area contributed by atoms with E-state index in [-0.39, 0.29) is 4.34 Å². The molecule has 0 fully saturated rings. The first-order chi connectivity index (χ1) is 7.08. The first kappa shape index (κ1) is 10.4. The summed E-state index contributed by atoms with van der Waals surface area (Å²) in [4.78, 5) is 3.86. The second-order valence-corrected chi connectivity index (χ2v) is 5.39. The SMILES string of the molecule is Nc1ccc2nc(S(=O)C(F)F)sc2c1. The summed E-state index contributed by atoms with van der Waals surface area (Å²) in [5.41, 5.74) is 6.59. The third kappa shape index (κ3) is 1.98. The fourth-order valence-corrected chi connectivity index (χ4v) is 2.98. The van der Waals surface area contributed by atoms with Crippen LogP contribution in [-0.2, 0) is 10.8 Å². The monoisotopic (exact) mass is 248 g/mol. The number of hydrogen-bond donors (Lipinski definition) is 1. The average molecular weight is 248 g/mol. The summed E-state index contributed by atoms with van der Waals surface area (Å²) in [7, 11) is -2.34. The molecule has 0 bridgehead atoms. The summed E-state index contributed by atoms with van der Waals surface area (Å²) in [5.74, 6) is -2.90. The van der Waals surface area contributed by atoms with Gasteiger partial charge in [0.2, 0.25) is 0 Å². The largest absolute Gasteiger partial charge is 0.399 e. The number of aromatic nitrogens is 1. The van der Waals surface area contributed by atoms with Crippen LogP contribution in [0.1, 0.15) is 0 Å². The van der Waals surface area contributed by atoms with Crippen molar-refractivity contribution < 1.29 is 13.0 Å². The maximum atomic E-state index is 12.2. The molecular weight excluding hydrogens is 242 g/mol. The highest BCUT2D eigenvalue weighted by atomic mass is 32.2. The highest BCUT2D eigenvalue weighted by Crippen LogP contribution is 2.27. The molecule has 1 aromatic carbocycles. The highest BCUT2D eigenvalue weighted by molar-refractivity contribution is 7.87. The zero-order chi connectivity index (χ0) is 11.0. The van der Waals surface area contributed by atoms with Crippen LogP contribution in [0.15, 0.2) is 22.5 Å². The number of halogens is 2. The van der Waals surface area contributed by atoms with Crippen molar-refractivity contribution in [3.63, 3.8) is 0 Å². The lowest BCUT2D eigenvalue weighted by Gasteiger charge is -1.92. The van der Waals surface area contributed by atoms with Gasteiger partial charge < -0.3 is 5.73 Å². The smallest absolute Gasteiger partial charge is 0.318 e. The standard InChI is InChI=1S/C8H6F2N2OS2/c9-7(10)15(13)8-12-5-2-1-4(11)3-6(5)14-8/h1-3,7H,11H2. The molecule has 0 saturated carbocycles. The summed E-state index contributed by atoms with van der Waals surface area (Å²) in [6.45, 7) is 0. The minimum atomic E-state index is -2.90. The average Bonchev–Trinajstić information content (AvgIpc) is 2.58. The third-order valence-electron chi connectivity index (χ3n) is 1.73. The van der Waals surface area contributed by atoms with Crippen molar-refractivity contribution in [3.8, 4) is 0 Å². The summed E-state index contributed by atoms with van der Waals surface area (Å²) in [6, 6.07) is 4.86. The molecule has 1 heterocycles. The van der Waals surface area contributed by atoms with Crippen LogP contribution in [0.5, 0.6) is 0 Å². The molecule has 2 rings (SSSR count). The van der Waals surface area contributed by atoms with E-state index in [1.807, 2.05) is 0 Å². The van der Waals surface area contributed by atoms with Gasteiger partial charge >= 0.3 is 5.76 Å². The quantitative estimate of drug-likeness (QED) is 0.829. The van der Waals surface area contributed by atoms with E-state index in [0.29, 0.717) is 15.9 Å². The highest BCUT2D eigenvalue weighted by Gasteiger charge is 2.19. The Kier molecular flexibility index (Phi) is 2.66. The summed E-state index contributed by atoms with van der Waals surface area (Å²) >= 11 is 0.977. The van der Waals surface area contributed by atoms with Crippen molar-refractivity contribution in [2.45, 2.75) is 10.1 Å². The Hall–Kier alpha value is -1.08. The molecule has 1 atom stereocenters. The number of nitrogens with zero attached hydrogens (tertiary/aromatic N) is 1. The van der Waals surface area contributed by atoms with Gasteiger partial charge in [0.1, 0.15) is 10.8 Å². The van der Waals surface area contributed by atoms with E-state index in [2.05, 4.69) is 4.98 Å². The van der Waals surface area contributed by atoms with Gasteiger partial charge in [-0.1, -0.05) is 0 Å². The van der Waals surface area contributed by atoms with Gasteiger partial charge in [-0.25, -0.2) is 9.19 Å². The number of thiazole rings is 1. The Morgan fingerprint density at radius 3 is 2.87 bits per heavy atom. The molecule has 3 nitrogen and oxygen atoms in total. The van der Waals surface area contributed by atoms with Crippen LogP contribution in [0.3, 0.4) is 0 Å². The second kappa shape index (κ2) is 3.82. The number of nitrogen functional groups attached to an aromatic ring is 1. The third-order valence-corrected chi connectivity index (χ3v) is 4.04. The molecule has 0 radical (unpaired) electrons. The van der Waals surface area contributed by atoms with Crippen molar-refractivity contribution >= 4 is 38.0 Å². The normalized spacial score (nSPS) is 13.5. The molecule has 0 saturated heterocycles. The molecule has 15 heavy (non-hydrogen) atoms. The van der Waals surface area contributed by atoms with Crippen molar-refractivity contribution in [1.82, 2.24) is 4.98 Å². The Morgan fingerprint density at radius 2 is 2.20 bits per heavy atom. The van der Waals surface area contributed by atoms with Gasteiger partial charge in [-0.15, -0.1) is 11.3 Å². The van der Waals surface area contributed by atoms with Crippen molar-refractivity contribution in [3.05, 3.63) is 18.2 Å². The minimum absolute atomic E-state index is 0.0643. The van der Waals surface area contributed by atoms with Crippen LogP contribution in [0.25, 0.3) is 10.2 Å². The van der Waals surface area contributed by atoms with Crippen molar-refractivity contribution in [2.75, 3.05) is 5.73 Å². The number of nitrogens with two attached hydrogens (primary N) is 1. The molecule has 7 heteroatoms. The molecule has 2 N–H and O–H groups in total. The van der Waals surface area contributed by atoms with Gasteiger partial charge in [-0.2, -0.15) is 8.78 Å². The predicted molar refractivity (Wildman–Crippen MR) is 56.4 cm³/mol. The van der Waals surface area contributed by atoms with E-state index in [4.69, 9.17) is 5.73 Å². The molecule has 0 spiro atoms. The molecule has 2 aromatic rings. The molecule has 0 aliphatic heterocycles. The zero-order valence-electron chi connectivity index (χ0n) is 7.31. The number of anilines is 1. The number of benzene rings is 1. The maximum absolute atomic E-state index is 12.2. The lowest BCUT2D eigenvalue weighted by molar-refractivity contribution is 0.244. The molecule has 0 aliphatic rings. The van der Waals surface area contributed by atoms with Crippen LogP contribution in [0, 0.1) is 0 Å². The lowest BCUT2D eigenvalue weighted by atomic mass is 10.3. The van der Waals surface area contributed by atoms with Crippen LogP contribution in [-0.4, -0.2) is 15.0 Å². The first-order valence-electron chi connectivity index (χ1n) is 3.93. The Labute approximate surface area is 90.4 Å². The first-order valence-corrected chi connectivity index (χ1v) is 5.95. The number of alkyl halides is 2. The van der Waals surface area contributed by atoms with Crippen LogP contribution >= 0.6 is 11.3 Å². The fraction of sp³-hybridized carbons (Fsp3) is 0.125. The number of fused-ring (bicyclic) bond motifs is 1. The maximum Gasteiger partial charge on any atom is 0.318 e. The molecule has 0 aliphatic carbocycles. The van der Waals surface area contributed by atoms with E-state index >= 15 is 0 Å². The van der Waals surface area contributed by atoms with E-state index in [0.717, 1.165) is 11.3 Å². The lowest BCUT2D eigenvalue weighted by Crippen LogP contribution is -2.01. The molecule has 1 aromatic heterocycles. The Morgan fingerprint density at radius 1 is 1.47 bits per heavy atom. The van der Waals surface area contributed by atoms with Gasteiger partial charge in [0.05, 0.1) is 10.2 Å². The van der Waals surface area contributed by atoms with E-state index in [9.17, 15) is 13.0 Å². The topological polar surface area (TPSA) is 56.0 Å². The van der Waals surface area contributed by atoms with Crippen molar-refractivity contribution in [1.29, 1.82) is 0 Å². The molecular formula is C8H6F2N2OS2. The molecule has 1 unspecified atom stereocenters. The molecule has 0 amide bonds. The Bertz CT molecular complexity index is 526. The summed E-state index contributed by atoms with van der Waals surface area (Å²) in [6.07, 6.45) is 0. The number of rotatable bonds is 2. The van der Waals surface area contributed by atoms with Crippen LogP contribution in [0.4, 0.5) is 14.5 Å². The van der Waals surface area contributed by atoms with Gasteiger partial charge in [-0.3, -0.25) is 0 Å². The van der Waals surface area contributed by atoms with E-state index in [1.165, 1.54) is 0 Å². The van der Waals surface area contributed by atoms with Gasteiger partial charge in [0.25, 0.3) is 0 Å². The summed E-state index contributed by atoms with van der Waals surface area (Å²) < 4.78 is 36.0. The van der Waals surface area contributed by atoms with Crippen LogP contribution < -0.4 is 5.73 Å². The molecule has 80 valence electrons. The van der Waals surface area contributed by atoms with Crippen molar-refractivity contribution in [2.24, 2.45) is 0 Å². The zero-order valence-corrected chi connectivity index (χ0v) is 8.95. The van der Waals surface area contributed by atoms with Gasteiger partial charge in [0.15, 0.2) is 4.34 Å². The van der Waals surface area contributed by atoms with E-state index < -0.39 is 16.6 Å². The van der Waals surface area contributed by atoms with Crippen LogP contribution in [0.2, 0.25) is 0 Å². The second-order valence-electron chi connectivity index (χ2n) is 2.76. The minimum Gasteiger partial charge on any atom is -0.399 e. The fourth-order valence-electron chi connectivity index (χ4n) is 1.08.